The summed E-state index contributed by atoms with van der Waals surface area (Å²) >= 11 is 0. The molecule has 2 rings (SSSR count). The van der Waals surface area contributed by atoms with Gasteiger partial charge in [-0.3, -0.25) is 4.79 Å². The zero-order valence-electron chi connectivity index (χ0n) is 23.2. The summed E-state index contributed by atoms with van der Waals surface area (Å²) in [7, 11) is -2.94. The van der Waals surface area contributed by atoms with E-state index in [0.717, 1.165) is 55.3 Å². The maximum absolute atomic E-state index is 12.3. The summed E-state index contributed by atoms with van der Waals surface area (Å²) < 4.78 is 5.35. The molecule has 36 heavy (non-hydrogen) atoms. The quantitative estimate of drug-likeness (QED) is 0.169. The molecule has 2 aromatic rings. The van der Waals surface area contributed by atoms with Crippen LogP contribution in [0.15, 0.2) is 84.0 Å². The molecule has 0 aliphatic heterocycles. The zero-order valence-corrected chi connectivity index (χ0v) is 24.2. The molecule has 0 radical (unpaired) electrons. The van der Waals surface area contributed by atoms with Crippen LogP contribution in [0.1, 0.15) is 86.5 Å². The fourth-order valence-electron chi connectivity index (χ4n) is 4.89. The minimum absolute atomic E-state index is 0.0183. The number of carbonyl (C=O) groups excluding carboxylic acids is 1. The first kappa shape index (κ1) is 29.8. The van der Waals surface area contributed by atoms with Crippen LogP contribution in [0.25, 0.3) is 0 Å². The Morgan fingerprint density at radius 1 is 0.889 bits per heavy atom. The molecule has 0 aliphatic rings. The van der Waals surface area contributed by atoms with Gasteiger partial charge in [0.25, 0.3) is 8.32 Å². The van der Waals surface area contributed by atoms with Crippen LogP contribution in [0.4, 0.5) is 0 Å². The van der Waals surface area contributed by atoms with Gasteiger partial charge >= 0.3 is 5.97 Å². The summed E-state index contributed by atoms with van der Waals surface area (Å²) in [6.45, 7) is 12.4. The topological polar surface area (TPSA) is 46.5 Å². The van der Waals surface area contributed by atoms with E-state index >= 15 is 0 Å². The van der Waals surface area contributed by atoms with Crippen molar-refractivity contribution in [3.05, 3.63) is 84.0 Å². The molecule has 3 nitrogen and oxygen atoms in total. The van der Waals surface area contributed by atoms with Gasteiger partial charge in [0.05, 0.1) is 0 Å². The maximum atomic E-state index is 12.3. The average Bonchev–Trinajstić information content (AvgIpc) is 2.86. The molecule has 1 unspecified atom stereocenters. The lowest BCUT2D eigenvalue weighted by Crippen LogP contribution is -2.65. The van der Waals surface area contributed by atoms with Crippen LogP contribution in [0.5, 0.6) is 0 Å². The predicted octanol–water partition coefficient (Wildman–Crippen LogP) is 7.09. The van der Waals surface area contributed by atoms with E-state index in [4.69, 9.17) is 4.74 Å². The van der Waals surface area contributed by atoms with Crippen molar-refractivity contribution in [3.63, 3.8) is 0 Å². The second kappa shape index (κ2) is 14.3. The number of carbonyl (C=O) groups is 1. The highest BCUT2D eigenvalue weighted by molar-refractivity contribution is 6.98. The predicted molar refractivity (Wildman–Crippen MR) is 155 cm³/mol. The fraction of sp³-hybridized carbons (Fsp3) is 0.469. The van der Waals surface area contributed by atoms with Crippen molar-refractivity contribution in [3.8, 4) is 0 Å². The Bertz CT molecular complexity index is 953. The number of hydrogen-bond donors (Lipinski definition) is 1. The summed E-state index contributed by atoms with van der Waals surface area (Å²) in [5, 5.41) is 1.92. The molecule has 0 aliphatic carbocycles. The number of allylic oxidation sites excluding steroid dienone is 4. The molecule has 0 saturated carbocycles. The zero-order chi connectivity index (χ0) is 26.6. The molecule has 0 bridgehead atoms. The summed E-state index contributed by atoms with van der Waals surface area (Å²) in [4.78, 5) is 23.5. The lowest BCUT2D eigenvalue weighted by Gasteiger charge is -2.41. The minimum atomic E-state index is -2.94. The number of benzene rings is 2. The molecule has 0 aromatic heterocycles. The Hall–Kier alpha value is -2.43. The van der Waals surface area contributed by atoms with Gasteiger partial charge in [-0.15, -0.1) is 0 Å². The van der Waals surface area contributed by atoms with Crippen molar-refractivity contribution in [2.45, 2.75) is 97.6 Å². The van der Waals surface area contributed by atoms with Gasteiger partial charge in [0.1, 0.15) is 6.10 Å². The lowest BCUT2D eigenvalue weighted by atomic mass is 10.0. The highest BCUT2D eigenvalue weighted by atomic mass is 28.4. The van der Waals surface area contributed by atoms with Gasteiger partial charge in [-0.1, -0.05) is 105 Å². The summed E-state index contributed by atoms with van der Waals surface area (Å²) in [6.07, 6.45) is 11.3. The van der Waals surface area contributed by atoms with Crippen molar-refractivity contribution in [2.75, 3.05) is 0 Å². The van der Waals surface area contributed by atoms with Crippen molar-refractivity contribution in [1.82, 2.24) is 0 Å². The number of hydrogen-bond acceptors (Lipinski definition) is 3. The highest BCUT2D eigenvalue weighted by Crippen LogP contribution is 2.40. The Morgan fingerprint density at radius 2 is 1.39 bits per heavy atom. The number of ether oxygens (including phenoxy) is 1. The Labute approximate surface area is 220 Å². The van der Waals surface area contributed by atoms with Gasteiger partial charge in [-0.2, -0.15) is 0 Å². The summed E-state index contributed by atoms with van der Waals surface area (Å²) in [5.74, 6) is -0.193. The molecule has 2 aromatic carbocycles. The molecule has 1 atom stereocenters. The largest absolute Gasteiger partial charge is 0.463 e. The van der Waals surface area contributed by atoms with Crippen molar-refractivity contribution in [2.24, 2.45) is 0 Å². The van der Waals surface area contributed by atoms with Crippen LogP contribution in [0, 0.1) is 0 Å². The average molecular weight is 507 g/mol. The monoisotopic (exact) mass is 506 g/mol. The molecule has 0 fully saturated rings. The molecule has 0 saturated heterocycles. The van der Waals surface area contributed by atoms with Gasteiger partial charge < -0.3 is 9.53 Å². The molecule has 1 N–H and O–H groups in total. The Kier molecular flexibility index (Phi) is 11.9. The maximum Gasteiger partial charge on any atom is 0.302 e. The van der Waals surface area contributed by atoms with Crippen molar-refractivity contribution >= 4 is 24.7 Å². The highest BCUT2D eigenvalue weighted by Gasteiger charge is 2.49. The summed E-state index contributed by atoms with van der Waals surface area (Å²) in [5.41, 5.74) is 2.75. The van der Waals surface area contributed by atoms with Gasteiger partial charge in [-0.05, 0) is 74.2 Å². The third-order valence-corrected chi connectivity index (χ3v) is 11.9. The molecule has 0 heterocycles. The van der Waals surface area contributed by atoms with Crippen molar-refractivity contribution < 1.29 is 14.3 Å². The van der Waals surface area contributed by atoms with Crippen LogP contribution in [-0.2, 0) is 9.53 Å². The van der Waals surface area contributed by atoms with Crippen molar-refractivity contribution in [1.29, 1.82) is 0 Å². The molecule has 4 heteroatoms. The van der Waals surface area contributed by atoms with Crippen LogP contribution in [-0.4, -0.2) is 25.2 Å². The van der Waals surface area contributed by atoms with Crippen LogP contribution >= 0.6 is 0 Å². The van der Waals surface area contributed by atoms with E-state index < -0.39 is 8.32 Å². The molecule has 0 amide bonds. The lowest BCUT2D eigenvalue weighted by molar-refractivity contribution is -0.146. The second-order valence-corrected chi connectivity index (χ2v) is 14.6. The van der Waals surface area contributed by atoms with Gasteiger partial charge in [0.15, 0.2) is 0 Å². The Morgan fingerprint density at radius 3 is 1.89 bits per heavy atom. The normalized spacial score (nSPS) is 14.0. The van der Waals surface area contributed by atoms with Crippen LogP contribution < -0.4 is 10.4 Å². The first-order chi connectivity index (χ1) is 17.1. The first-order valence-electron chi connectivity index (χ1n) is 13.4. The standard InChI is InChI=1S/C32H46O3Si/c1-7-29(35-28(4)33)24-23-27(3)17-14-16-26(2)18-15-25-32(5,6)36(34,30-19-10-8-11-20-30)31-21-12-9-13-22-31/h8-13,17-22,29,34H,7,14-16,23-25H2,1-6H3/b26-18+,27-17+. The SMILES string of the molecule is CCC(CC/C(C)=C/CC/C(C)=C/CCC(C)(C)[Si](O)(c1ccccc1)c1ccccc1)OC(C)=O. The van der Waals surface area contributed by atoms with Crippen LogP contribution in [0.3, 0.4) is 0 Å². The van der Waals surface area contributed by atoms with Gasteiger partial charge in [0, 0.05) is 6.92 Å². The second-order valence-electron chi connectivity index (χ2n) is 10.7. The third-order valence-electron chi connectivity index (χ3n) is 7.30. The summed E-state index contributed by atoms with van der Waals surface area (Å²) in [6, 6.07) is 20.5. The van der Waals surface area contributed by atoms with E-state index in [9.17, 15) is 9.59 Å². The number of esters is 1. The van der Waals surface area contributed by atoms with E-state index in [1.54, 1.807) is 0 Å². The molecular formula is C32H46O3Si. The van der Waals surface area contributed by atoms with E-state index in [0.29, 0.717) is 0 Å². The van der Waals surface area contributed by atoms with E-state index in [-0.39, 0.29) is 17.1 Å². The molecular weight excluding hydrogens is 460 g/mol. The van der Waals surface area contributed by atoms with Gasteiger partial charge in [-0.25, -0.2) is 0 Å². The smallest absolute Gasteiger partial charge is 0.302 e. The van der Waals surface area contributed by atoms with Crippen LogP contribution in [0.2, 0.25) is 5.04 Å². The van der Waals surface area contributed by atoms with E-state index in [2.05, 4.69) is 71.0 Å². The number of rotatable bonds is 14. The van der Waals surface area contributed by atoms with Gasteiger partial charge in [0.2, 0.25) is 0 Å². The molecule has 0 spiro atoms. The Balaban J connectivity index is 1.96. The van der Waals surface area contributed by atoms with E-state index in [1.807, 2.05) is 36.4 Å². The third kappa shape index (κ3) is 8.60. The minimum Gasteiger partial charge on any atom is -0.463 e. The molecule has 196 valence electrons. The first-order valence-corrected chi connectivity index (χ1v) is 15.4. The van der Waals surface area contributed by atoms with E-state index in [1.165, 1.54) is 18.1 Å². The fourth-order valence-corrected chi connectivity index (χ4v) is 8.64.